The minimum absolute atomic E-state index is 0.102. The van der Waals surface area contributed by atoms with Gasteiger partial charge in [0.05, 0.1) is 10.7 Å². The first-order valence-electron chi connectivity index (χ1n) is 10.9. The van der Waals surface area contributed by atoms with E-state index in [0.717, 1.165) is 6.07 Å². The lowest BCUT2D eigenvalue weighted by Crippen LogP contribution is -2.21. The van der Waals surface area contributed by atoms with Gasteiger partial charge in [0.25, 0.3) is 0 Å². The van der Waals surface area contributed by atoms with Crippen LogP contribution in [0.4, 0.5) is 10.1 Å². The van der Waals surface area contributed by atoms with Crippen molar-refractivity contribution in [1.82, 2.24) is 14.8 Å². The smallest absolute Gasteiger partial charge is 0.166 e. The molecule has 0 amide bonds. The molecular formula is C25H36ClFN4O3. The number of anilines is 1. The van der Waals surface area contributed by atoms with Crippen LogP contribution in [0.15, 0.2) is 36.4 Å². The lowest BCUT2D eigenvalue weighted by Gasteiger charge is -2.18. The SMILES string of the molecule is CCO.Cc1ccc(C(C)(C)C)cc1.Cn1c(-c2cc(Cl)c(F)cc2NO)nnc1C(C)(C)O. The molecule has 0 spiro atoms. The topological polar surface area (TPSA) is 103 Å². The molecule has 0 radical (unpaired) electrons. The zero-order valence-corrected chi connectivity index (χ0v) is 21.9. The first kappa shape index (κ1) is 29.5. The van der Waals surface area contributed by atoms with Crippen LogP contribution in [-0.2, 0) is 18.1 Å². The molecule has 0 aliphatic carbocycles. The number of aryl methyl sites for hydroxylation is 1. The number of rotatable bonds is 3. The highest BCUT2D eigenvalue weighted by Crippen LogP contribution is 2.32. The Labute approximate surface area is 206 Å². The molecule has 0 aliphatic rings. The summed E-state index contributed by atoms with van der Waals surface area (Å²) in [5.74, 6) is -0.00532. The van der Waals surface area contributed by atoms with Gasteiger partial charge in [0.15, 0.2) is 11.6 Å². The summed E-state index contributed by atoms with van der Waals surface area (Å²) in [6.07, 6.45) is 0. The summed E-state index contributed by atoms with van der Waals surface area (Å²) in [6, 6.07) is 11.1. The van der Waals surface area contributed by atoms with E-state index in [1.807, 2.05) is 5.48 Å². The molecule has 0 atom stereocenters. The highest BCUT2D eigenvalue weighted by Gasteiger charge is 2.25. The van der Waals surface area contributed by atoms with Gasteiger partial charge in [-0.05, 0) is 44.7 Å². The predicted molar refractivity (Wildman–Crippen MR) is 135 cm³/mol. The summed E-state index contributed by atoms with van der Waals surface area (Å²) < 4.78 is 14.9. The molecule has 0 saturated heterocycles. The molecule has 7 nitrogen and oxygen atoms in total. The Balaban J connectivity index is 0.000000347. The van der Waals surface area contributed by atoms with Gasteiger partial charge in [0.2, 0.25) is 0 Å². The number of benzene rings is 2. The molecule has 34 heavy (non-hydrogen) atoms. The molecule has 0 bridgehead atoms. The van der Waals surface area contributed by atoms with Gasteiger partial charge in [-0.3, -0.25) is 10.7 Å². The van der Waals surface area contributed by atoms with Crippen molar-refractivity contribution in [3.8, 4) is 11.4 Å². The van der Waals surface area contributed by atoms with E-state index >= 15 is 0 Å². The maximum Gasteiger partial charge on any atom is 0.166 e. The summed E-state index contributed by atoms with van der Waals surface area (Å²) in [7, 11) is 1.65. The Morgan fingerprint density at radius 2 is 1.59 bits per heavy atom. The normalized spacial score (nSPS) is 11.2. The second-order valence-corrected chi connectivity index (χ2v) is 9.73. The van der Waals surface area contributed by atoms with Gasteiger partial charge >= 0.3 is 0 Å². The standard InChI is InChI=1S/C12H14ClFN4O2.C11H16.C2H6O/c1-12(2,19)11-16-15-10(18(11)3)6-4-7(13)8(14)5-9(6)17-20;1-9-5-7-10(8-6-9)11(2,3)4;1-2-3/h4-5,17,19-20H,1-3H3;5-8H,1-4H3;3H,2H2,1H3. The average Bonchev–Trinajstić information content (AvgIpc) is 3.12. The van der Waals surface area contributed by atoms with Gasteiger partial charge in [-0.15, -0.1) is 10.2 Å². The summed E-state index contributed by atoms with van der Waals surface area (Å²) in [5, 5.41) is 34.4. The quantitative estimate of drug-likeness (QED) is 0.354. The molecule has 9 heteroatoms. The Bertz CT molecular complexity index is 1060. The minimum Gasteiger partial charge on any atom is -0.397 e. The van der Waals surface area contributed by atoms with Gasteiger partial charge in [-0.1, -0.05) is 62.2 Å². The molecule has 0 fully saturated rings. The van der Waals surface area contributed by atoms with Crippen LogP contribution < -0.4 is 5.48 Å². The number of nitrogens with one attached hydrogen (secondary N) is 1. The van der Waals surface area contributed by atoms with Gasteiger partial charge in [-0.2, -0.15) is 0 Å². The molecule has 188 valence electrons. The fourth-order valence-electron chi connectivity index (χ4n) is 2.97. The molecule has 0 saturated carbocycles. The summed E-state index contributed by atoms with van der Waals surface area (Å²) in [4.78, 5) is 0. The van der Waals surface area contributed by atoms with E-state index in [1.54, 1.807) is 32.4 Å². The number of halogens is 2. The van der Waals surface area contributed by atoms with E-state index in [1.165, 1.54) is 17.2 Å². The number of hydrogen-bond acceptors (Lipinski definition) is 6. The van der Waals surface area contributed by atoms with E-state index in [2.05, 4.69) is 62.2 Å². The third-order valence-electron chi connectivity index (χ3n) is 4.76. The molecule has 3 aromatic rings. The van der Waals surface area contributed by atoms with Gasteiger partial charge < -0.3 is 14.8 Å². The number of hydrogen-bond donors (Lipinski definition) is 4. The Hall–Kier alpha value is -2.52. The van der Waals surface area contributed by atoms with Crippen molar-refractivity contribution in [2.75, 3.05) is 12.1 Å². The average molecular weight is 495 g/mol. The van der Waals surface area contributed by atoms with Crippen LogP contribution in [0.5, 0.6) is 0 Å². The molecule has 4 N–H and O–H groups in total. The highest BCUT2D eigenvalue weighted by molar-refractivity contribution is 6.31. The summed E-state index contributed by atoms with van der Waals surface area (Å²) in [6.45, 7) is 13.9. The van der Waals surface area contributed by atoms with E-state index < -0.39 is 11.4 Å². The largest absolute Gasteiger partial charge is 0.397 e. The zero-order chi connectivity index (χ0) is 26.3. The van der Waals surface area contributed by atoms with Crippen LogP contribution in [0.2, 0.25) is 5.02 Å². The maximum atomic E-state index is 13.4. The number of aromatic nitrogens is 3. The lowest BCUT2D eigenvalue weighted by atomic mass is 9.87. The van der Waals surface area contributed by atoms with Crippen LogP contribution >= 0.6 is 11.6 Å². The first-order chi connectivity index (χ1) is 15.7. The van der Waals surface area contributed by atoms with Crippen molar-refractivity contribution in [2.24, 2.45) is 7.05 Å². The highest BCUT2D eigenvalue weighted by atomic mass is 35.5. The second-order valence-electron chi connectivity index (χ2n) is 9.32. The fraction of sp³-hybridized carbons (Fsp3) is 0.440. The summed E-state index contributed by atoms with van der Waals surface area (Å²) in [5.41, 5.74) is 4.20. The van der Waals surface area contributed by atoms with Crippen molar-refractivity contribution >= 4 is 17.3 Å². The van der Waals surface area contributed by atoms with Crippen molar-refractivity contribution < 1.29 is 19.8 Å². The third-order valence-corrected chi connectivity index (χ3v) is 5.05. The van der Waals surface area contributed by atoms with E-state index in [0.29, 0.717) is 17.2 Å². The minimum atomic E-state index is -1.18. The maximum absolute atomic E-state index is 13.4. The van der Waals surface area contributed by atoms with Crippen molar-refractivity contribution in [2.45, 2.75) is 59.5 Å². The number of aliphatic hydroxyl groups is 2. The van der Waals surface area contributed by atoms with E-state index in [4.69, 9.17) is 21.9 Å². The van der Waals surface area contributed by atoms with Gasteiger partial charge in [0.1, 0.15) is 11.4 Å². The van der Waals surface area contributed by atoms with Crippen molar-refractivity contribution in [1.29, 1.82) is 0 Å². The lowest BCUT2D eigenvalue weighted by molar-refractivity contribution is 0.0655. The van der Waals surface area contributed by atoms with Crippen LogP contribution in [0.25, 0.3) is 11.4 Å². The molecule has 0 aliphatic heterocycles. The number of aliphatic hydroxyl groups excluding tert-OH is 1. The Morgan fingerprint density at radius 3 is 2.00 bits per heavy atom. The van der Waals surface area contributed by atoms with Crippen LogP contribution in [-0.4, -0.2) is 36.8 Å². The van der Waals surface area contributed by atoms with Crippen LogP contribution in [0.1, 0.15) is 58.5 Å². The monoisotopic (exact) mass is 494 g/mol. The fourth-order valence-corrected chi connectivity index (χ4v) is 3.14. The van der Waals surface area contributed by atoms with Crippen LogP contribution in [0.3, 0.4) is 0 Å². The molecule has 1 heterocycles. The zero-order valence-electron chi connectivity index (χ0n) is 21.1. The third kappa shape index (κ3) is 8.06. The Morgan fingerprint density at radius 1 is 1.06 bits per heavy atom. The van der Waals surface area contributed by atoms with Crippen molar-refractivity contribution in [3.63, 3.8) is 0 Å². The number of nitrogens with zero attached hydrogens (tertiary/aromatic N) is 3. The predicted octanol–water partition coefficient (Wildman–Crippen LogP) is 5.59. The Kier molecular flexibility index (Phi) is 10.6. The second kappa shape index (κ2) is 12.3. The first-order valence-corrected chi connectivity index (χ1v) is 11.2. The van der Waals surface area contributed by atoms with Gasteiger partial charge in [-0.25, -0.2) is 4.39 Å². The van der Waals surface area contributed by atoms with Gasteiger partial charge in [0, 0.05) is 25.3 Å². The van der Waals surface area contributed by atoms with E-state index in [9.17, 15) is 9.50 Å². The van der Waals surface area contributed by atoms with E-state index in [-0.39, 0.29) is 22.7 Å². The molecule has 3 rings (SSSR count). The van der Waals surface area contributed by atoms with Crippen molar-refractivity contribution in [3.05, 3.63) is 64.2 Å². The molecule has 2 aromatic carbocycles. The molecule has 1 aromatic heterocycles. The molecular weight excluding hydrogens is 459 g/mol. The summed E-state index contributed by atoms with van der Waals surface area (Å²) >= 11 is 5.75. The van der Waals surface area contributed by atoms with Crippen LogP contribution in [0, 0.1) is 12.7 Å². The molecule has 0 unspecified atom stereocenters.